The molecule has 1 aromatic heterocycles. The van der Waals surface area contributed by atoms with Crippen molar-refractivity contribution in [1.82, 2.24) is 4.57 Å². The van der Waals surface area contributed by atoms with Crippen LogP contribution in [0.15, 0.2) is 42.5 Å². The SMILES string of the molecule is CC(C)Oc1ccc(COc2ccc3c(c2)cc2n3CC[C@H]2CC(=O)O)cc1C(F)(F)F. The van der Waals surface area contributed by atoms with Gasteiger partial charge in [0.15, 0.2) is 0 Å². The molecule has 0 spiro atoms. The zero-order chi connectivity index (χ0) is 23.0. The van der Waals surface area contributed by atoms with Gasteiger partial charge in [-0.05, 0) is 62.2 Å². The number of fused-ring (bicyclic) bond motifs is 3. The first-order valence-corrected chi connectivity index (χ1v) is 10.5. The van der Waals surface area contributed by atoms with E-state index in [1.54, 1.807) is 26.0 Å². The molecule has 3 aromatic rings. The first-order chi connectivity index (χ1) is 15.1. The topological polar surface area (TPSA) is 60.7 Å². The molecular formula is C24H24F3NO4. The molecule has 0 aliphatic carbocycles. The quantitative estimate of drug-likeness (QED) is 0.483. The molecule has 0 saturated carbocycles. The van der Waals surface area contributed by atoms with Gasteiger partial charge < -0.3 is 19.1 Å². The van der Waals surface area contributed by atoms with E-state index in [9.17, 15) is 18.0 Å². The van der Waals surface area contributed by atoms with E-state index in [0.29, 0.717) is 11.3 Å². The first-order valence-electron chi connectivity index (χ1n) is 10.5. The Morgan fingerprint density at radius 2 is 1.97 bits per heavy atom. The van der Waals surface area contributed by atoms with E-state index in [4.69, 9.17) is 14.6 Å². The predicted octanol–water partition coefficient (Wildman–Crippen LogP) is 5.99. The Hall–Kier alpha value is -3.16. The Morgan fingerprint density at radius 3 is 2.66 bits per heavy atom. The summed E-state index contributed by atoms with van der Waals surface area (Å²) in [4.78, 5) is 11.1. The van der Waals surface area contributed by atoms with Gasteiger partial charge in [-0.2, -0.15) is 13.2 Å². The summed E-state index contributed by atoms with van der Waals surface area (Å²) in [5, 5.41) is 10.0. The van der Waals surface area contributed by atoms with Gasteiger partial charge in [-0.1, -0.05) is 6.07 Å². The number of nitrogens with zero attached hydrogens (tertiary/aromatic N) is 1. The van der Waals surface area contributed by atoms with Crippen molar-refractivity contribution in [3.63, 3.8) is 0 Å². The average molecular weight is 447 g/mol. The molecule has 8 heteroatoms. The summed E-state index contributed by atoms with van der Waals surface area (Å²) < 4.78 is 53.5. The first kappa shape index (κ1) is 22.0. The molecular weight excluding hydrogens is 423 g/mol. The number of carboxylic acids is 1. The zero-order valence-corrected chi connectivity index (χ0v) is 17.8. The van der Waals surface area contributed by atoms with Gasteiger partial charge >= 0.3 is 12.1 Å². The zero-order valence-electron chi connectivity index (χ0n) is 17.8. The minimum Gasteiger partial charge on any atom is -0.490 e. The number of alkyl halides is 3. The third-order valence-electron chi connectivity index (χ3n) is 5.56. The minimum atomic E-state index is -4.53. The number of aliphatic carboxylic acids is 1. The van der Waals surface area contributed by atoms with Crippen LogP contribution in [0.4, 0.5) is 13.2 Å². The molecule has 0 unspecified atom stereocenters. The number of carbonyl (C=O) groups is 1. The van der Waals surface area contributed by atoms with Crippen molar-refractivity contribution in [2.24, 2.45) is 0 Å². The van der Waals surface area contributed by atoms with Gasteiger partial charge in [0, 0.05) is 29.1 Å². The highest BCUT2D eigenvalue weighted by Crippen LogP contribution is 2.39. The molecule has 1 N–H and O–H groups in total. The van der Waals surface area contributed by atoms with Crippen molar-refractivity contribution in [3.8, 4) is 11.5 Å². The summed E-state index contributed by atoms with van der Waals surface area (Å²) in [6, 6.07) is 11.4. The van der Waals surface area contributed by atoms with Crippen molar-refractivity contribution in [2.45, 2.75) is 58.0 Å². The fourth-order valence-corrected chi connectivity index (χ4v) is 4.21. The smallest absolute Gasteiger partial charge is 0.419 e. The minimum absolute atomic E-state index is 0.0170. The second-order valence-corrected chi connectivity index (χ2v) is 8.31. The summed E-state index contributed by atoms with van der Waals surface area (Å²) in [7, 11) is 0. The van der Waals surface area contributed by atoms with Crippen molar-refractivity contribution in [1.29, 1.82) is 0 Å². The largest absolute Gasteiger partial charge is 0.490 e. The molecule has 0 amide bonds. The molecule has 1 aliphatic heterocycles. The maximum absolute atomic E-state index is 13.4. The normalized spacial score (nSPS) is 15.9. The number of hydrogen-bond acceptors (Lipinski definition) is 3. The number of rotatable bonds is 7. The van der Waals surface area contributed by atoms with E-state index in [1.165, 1.54) is 6.07 Å². The van der Waals surface area contributed by atoms with Crippen LogP contribution in [0.3, 0.4) is 0 Å². The molecule has 2 aromatic carbocycles. The lowest BCUT2D eigenvalue weighted by atomic mass is 10.0. The standard InChI is InChI=1S/C24H24F3NO4/c1-14(2)32-22-6-3-15(9-19(22)24(25,26)27)13-31-18-4-5-20-17(10-18)11-21-16(12-23(29)30)7-8-28(20)21/h3-6,9-11,14,16H,7-8,12-13H2,1-2H3,(H,29,30)/t16-/m0/s1. The molecule has 4 rings (SSSR count). The number of aromatic nitrogens is 1. The van der Waals surface area contributed by atoms with Crippen LogP contribution < -0.4 is 9.47 Å². The van der Waals surface area contributed by atoms with Gasteiger partial charge in [-0.25, -0.2) is 0 Å². The highest BCUT2D eigenvalue weighted by molar-refractivity contribution is 5.83. The van der Waals surface area contributed by atoms with E-state index in [-0.39, 0.29) is 30.8 Å². The van der Waals surface area contributed by atoms with Gasteiger partial charge in [0.25, 0.3) is 0 Å². The second-order valence-electron chi connectivity index (χ2n) is 8.31. The number of ether oxygens (including phenoxy) is 2. The van der Waals surface area contributed by atoms with Crippen molar-refractivity contribution in [3.05, 3.63) is 59.3 Å². The third kappa shape index (κ3) is 4.54. The molecule has 0 radical (unpaired) electrons. The Morgan fingerprint density at radius 1 is 1.19 bits per heavy atom. The number of hydrogen-bond donors (Lipinski definition) is 1. The van der Waals surface area contributed by atoms with E-state index >= 15 is 0 Å². The Balaban J connectivity index is 1.53. The predicted molar refractivity (Wildman–Crippen MR) is 113 cm³/mol. The molecule has 2 heterocycles. The van der Waals surface area contributed by atoms with Crippen LogP contribution >= 0.6 is 0 Å². The highest BCUT2D eigenvalue weighted by Gasteiger charge is 2.35. The maximum Gasteiger partial charge on any atom is 0.419 e. The molecule has 5 nitrogen and oxygen atoms in total. The highest BCUT2D eigenvalue weighted by atomic mass is 19.4. The van der Waals surface area contributed by atoms with Crippen LogP contribution in [0, 0.1) is 0 Å². The van der Waals surface area contributed by atoms with Crippen molar-refractivity contribution >= 4 is 16.9 Å². The van der Waals surface area contributed by atoms with Crippen molar-refractivity contribution in [2.75, 3.05) is 0 Å². The van der Waals surface area contributed by atoms with Gasteiger partial charge in [0.2, 0.25) is 0 Å². The number of halogens is 3. The number of benzene rings is 2. The number of aryl methyl sites for hydroxylation is 1. The Kier molecular flexibility index (Phi) is 5.79. The summed E-state index contributed by atoms with van der Waals surface area (Å²) in [5.74, 6) is -0.498. The van der Waals surface area contributed by atoms with E-state index < -0.39 is 17.7 Å². The van der Waals surface area contributed by atoms with Crippen LogP contribution in [0.25, 0.3) is 10.9 Å². The molecule has 0 bridgehead atoms. The Labute approximate surface area is 183 Å². The van der Waals surface area contributed by atoms with Crippen molar-refractivity contribution < 1.29 is 32.5 Å². The molecule has 1 aliphatic rings. The van der Waals surface area contributed by atoms with E-state index in [2.05, 4.69) is 4.57 Å². The van der Waals surface area contributed by atoms with Crippen LogP contribution in [0.1, 0.15) is 49.4 Å². The monoisotopic (exact) mass is 447 g/mol. The van der Waals surface area contributed by atoms with Gasteiger partial charge in [-0.15, -0.1) is 0 Å². The van der Waals surface area contributed by atoms with Gasteiger partial charge in [0.05, 0.1) is 18.1 Å². The van der Waals surface area contributed by atoms with E-state index in [0.717, 1.165) is 35.6 Å². The summed E-state index contributed by atoms with van der Waals surface area (Å²) in [6.07, 6.45) is -4.01. The lowest BCUT2D eigenvalue weighted by molar-refractivity contribution is -0.139. The molecule has 1 atom stereocenters. The lowest BCUT2D eigenvalue weighted by Gasteiger charge is -2.17. The van der Waals surface area contributed by atoms with E-state index in [1.807, 2.05) is 18.2 Å². The van der Waals surface area contributed by atoms with Crippen LogP contribution in [-0.4, -0.2) is 21.7 Å². The molecule has 0 saturated heterocycles. The van der Waals surface area contributed by atoms with Gasteiger partial charge in [0.1, 0.15) is 18.1 Å². The van der Waals surface area contributed by atoms with Crippen LogP contribution in [-0.2, 0) is 24.1 Å². The fourth-order valence-electron chi connectivity index (χ4n) is 4.21. The van der Waals surface area contributed by atoms with Crippen LogP contribution in [0.2, 0.25) is 0 Å². The lowest BCUT2D eigenvalue weighted by Crippen LogP contribution is -2.13. The summed E-state index contributed by atoms with van der Waals surface area (Å²) in [6.45, 7) is 4.09. The average Bonchev–Trinajstić information content (AvgIpc) is 3.25. The van der Waals surface area contributed by atoms with Gasteiger partial charge in [-0.3, -0.25) is 4.79 Å². The third-order valence-corrected chi connectivity index (χ3v) is 5.56. The molecule has 0 fully saturated rings. The summed E-state index contributed by atoms with van der Waals surface area (Å²) >= 11 is 0. The summed E-state index contributed by atoms with van der Waals surface area (Å²) in [5.41, 5.74) is 1.55. The van der Waals surface area contributed by atoms with Crippen LogP contribution in [0.5, 0.6) is 11.5 Å². The Bertz CT molecular complexity index is 1150. The second kappa shape index (κ2) is 8.41. The fraction of sp³-hybridized carbons (Fsp3) is 0.375. The molecule has 32 heavy (non-hydrogen) atoms. The molecule has 170 valence electrons. The maximum atomic E-state index is 13.4. The number of carboxylic acid groups (broad SMARTS) is 1.